The number of allylic oxidation sites excluding steroid dienone is 1. The largest absolute Gasteiger partial charge is 0.342 e. The van der Waals surface area contributed by atoms with E-state index in [0.717, 1.165) is 42.7 Å². The van der Waals surface area contributed by atoms with Gasteiger partial charge in [0.2, 0.25) is 5.91 Å². The van der Waals surface area contributed by atoms with E-state index < -0.39 is 0 Å². The van der Waals surface area contributed by atoms with E-state index in [1.807, 2.05) is 49.6 Å². The summed E-state index contributed by atoms with van der Waals surface area (Å²) in [6.45, 7) is 11.4. The Morgan fingerprint density at radius 3 is 2.38 bits per heavy atom. The Hall–Kier alpha value is -2.33. The van der Waals surface area contributed by atoms with Crippen molar-refractivity contribution in [2.24, 2.45) is 10.9 Å². The van der Waals surface area contributed by atoms with Crippen LogP contribution in [0.3, 0.4) is 0 Å². The van der Waals surface area contributed by atoms with Gasteiger partial charge in [-0.2, -0.15) is 0 Å². The molecule has 29 heavy (non-hydrogen) atoms. The molecule has 2 aromatic carbocycles. The van der Waals surface area contributed by atoms with E-state index in [2.05, 4.69) is 54.2 Å². The summed E-state index contributed by atoms with van der Waals surface area (Å²) in [7, 11) is 0. The number of carbonyl (C=O) groups excluding carboxylic acids is 1. The molecule has 1 amide bonds. The summed E-state index contributed by atoms with van der Waals surface area (Å²) in [6, 6.07) is 15.1. The van der Waals surface area contributed by atoms with Crippen molar-refractivity contribution in [3.05, 3.63) is 54.1 Å². The van der Waals surface area contributed by atoms with Gasteiger partial charge in [-0.1, -0.05) is 50.3 Å². The Kier molecular flexibility index (Phi) is 7.32. The highest BCUT2D eigenvalue weighted by atomic mass is 32.2. The number of nitrogens with zero attached hydrogens (tertiary/aromatic N) is 2. The molecule has 0 aromatic heterocycles. The van der Waals surface area contributed by atoms with E-state index in [9.17, 15) is 4.79 Å². The van der Waals surface area contributed by atoms with E-state index in [1.165, 1.54) is 10.5 Å². The zero-order valence-corrected chi connectivity index (χ0v) is 18.4. The monoisotopic (exact) mass is 406 g/mol. The highest BCUT2D eigenvalue weighted by molar-refractivity contribution is 8.00. The molecule has 1 heterocycles. The summed E-state index contributed by atoms with van der Waals surface area (Å²) < 4.78 is 0. The minimum absolute atomic E-state index is 0.0932. The van der Waals surface area contributed by atoms with Crippen LogP contribution in [-0.2, 0) is 4.79 Å². The summed E-state index contributed by atoms with van der Waals surface area (Å²) >= 11 is 1.93. The molecule has 0 radical (unpaired) electrons. The first kappa shape index (κ1) is 21.4. The summed E-state index contributed by atoms with van der Waals surface area (Å²) in [6.07, 6.45) is 6.18. The predicted molar refractivity (Wildman–Crippen MR) is 126 cm³/mol. The molecule has 0 saturated carbocycles. The summed E-state index contributed by atoms with van der Waals surface area (Å²) in [5.41, 5.74) is 4.32. The average Bonchev–Trinajstić information content (AvgIpc) is 2.75. The van der Waals surface area contributed by atoms with Gasteiger partial charge < -0.3 is 4.90 Å². The van der Waals surface area contributed by atoms with Crippen molar-refractivity contribution in [2.45, 2.75) is 43.8 Å². The Morgan fingerprint density at radius 2 is 1.79 bits per heavy atom. The SMILES string of the molecule is C=Nc1cc(-c2ccc(SC3CCN(C(=O)C(C)C)CC3)cc2)ccc1/C=C\C. The fraction of sp³-hybridized carbons (Fsp3) is 0.360. The second-order valence-corrected chi connectivity index (χ2v) is 9.13. The first-order chi connectivity index (χ1) is 14.0. The van der Waals surface area contributed by atoms with Gasteiger partial charge in [-0.3, -0.25) is 9.79 Å². The number of thioether (sulfide) groups is 1. The highest BCUT2D eigenvalue weighted by Gasteiger charge is 2.24. The molecule has 0 spiro atoms. The number of amides is 1. The van der Waals surface area contributed by atoms with E-state index in [0.29, 0.717) is 5.25 Å². The number of rotatable bonds is 6. The smallest absolute Gasteiger partial charge is 0.225 e. The fourth-order valence-corrected chi connectivity index (χ4v) is 4.78. The second-order valence-electron chi connectivity index (χ2n) is 7.75. The minimum Gasteiger partial charge on any atom is -0.342 e. The first-order valence-corrected chi connectivity index (χ1v) is 11.2. The van der Waals surface area contributed by atoms with Crippen LogP contribution in [0.5, 0.6) is 0 Å². The van der Waals surface area contributed by atoms with E-state index in [-0.39, 0.29) is 11.8 Å². The number of hydrogen-bond acceptors (Lipinski definition) is 3. The standard InChI is InChI=1S/C25H30N2OS/c1-5-6-20-7-8-21(17-24(20)26-4)19-9-11-22(12-10-19)29-23-13-15-27(16-14-23)25(28)18(2)3/h5-12,17-18,23H,4,13-16H2,1-3H3/b6-5-. The van der Waals surface area contributed by atoms with Crippen molar-refractivity contribution in [3.8, 4) is 11.1 Å². The zero-order chi connectivity index (χ0) is 20.8. The lowest BCUT2D eigenvalue weighted by Crippen LogP contribution is -2.41. The number of carbonyl (C=O) groups is 1. The topological polar surface area (TPSA) is 32.7 Å². The zero-order valence-electron chi connectivity index (χ0n) is 17.6. The predicted octanol–water partition coefficient (Wildman–Crippen LogP) is 6.46. The van der Waals surface area contributed by atoms with Crippen LogP contribution in [0.4, 0.5) is 5.69 Å². The second kappa shape index (κ2) is 9.93. The molecule has 152 valence electrons. The molecule has 3 nitrogen and oxygen atoms in total. The molecule has 0 N–H and O–H groups in total. The van der Waals surface area contributed by atoms with Crippen molar-refractivity contribution in [1.29, 1.82) is 0 Å². The van der Waals surface area contributed by atoms with E-state index >= 15 is 0 Å². The third-order valence-electron chi connectivity index (χ3n) is 5.28. The van der Waals surface area contributed by atoms with Crippen LogP contribution < -0.4 is 0 Å². The van der Waals surface area contributed by atoms with Crippen LogP contribution in [0.25, 0.3) is 17.2 Å². The molecule has 1 fully saturated rings. The molecule has 1 aliphatic rings. The van der Waals surface area contributed by atoms with Crippen LogP contribution in [0.1, 0.15) is 39.2 Å². The van der Waals surface area contributed by atoms with Gasteiger partial charge in [0, 0.05) is 29.2 Å². The molecule has 0 atom stereocenters. The maximum Gasteiger partial charge on any atom is 0.225 e. The normalized spacial score (nSPS) is 15.2. The molecular weight excluding hydrogens is 376 g/mol. The van der Waals surface area contributed by atoms with Gasteiger partial charge in [-0.15, -0.1) is 11.8 Å². The quantitative estimate of drug-likeness (QED) is 0.516. The lowest BCUT2D eigenvalue weighted by Gasteiger charge is -2.32. The first-order valence-electron chi connectivity index (χ1n) is 10.3. The molecule has 1 aliphatic heterocycles. The van der Waals surface area contributed by atoms with Crippen molar-refractivity contribution in [1.82, 2.24) is 4.90 Å². The van der Waals surface area contributed by atoms with Gasteiger partial charge in [0.25, 0.3) is 0 Å². The molecule has 0 unspecified atom stereocenters. The van der Waals surface area contributed by atoms with Crippen molar-refractivity contribution in [3.63, 3.8) is 0 Å². The lowest BCUT2D eigenvalue weighted by atomic mass is 10.0. The van der Waals surface area contributed by atoms with Gasteiger partial charge in [0.05, 0.1) is 5.69 Å². The maximum atomic E-state index is 12.1. The van der Waals surface area contributed by atoms with E-state index in [1.54, 1.807) is 0 Å². The minimum atomic E-state index is 0.0932. The molecule has 4 heteroatoms. The van der Waals surface area contributed by atoms with Crippen LogP contribution in [0.15, 0.2) is 58.4 Å². The van der Waals surface area contributed by atoms with Crippen LogP contribution in [-0.4, -0.2) is 35.9 Å². The number of likely N-dealkylation sites (tertiary alicyclic amines) is 1. The Bertz CT molecular complexity index is 878. The van der Waals surface area contributed by atoms with Crippen molar-refractivity contribution < 1.29 is 4.79 Å². The van der Waals surface area contributed by atoms with Crippen LogP contribution >= 0.6 is 11.8 Å². The maximum absolute atomic E-state index is 12.1. The third-order valence-corrected chi connectivity index (χ3v) is 6.63. The average molecular weight is 407 g/mol. The van der Waals surface area contributed by atoms with Gasteiger partial charge in [0.15, 0.2) is 0 Å². The van der Waals surface area contributed by atoms with Gasteiger partial charge in [-0.05, 0) is 61.4 Å². The molecule has 1 saturated heterocycles. The third kappa shape index (κ3) is 5.39. The van der Waals surface area contributed by atoms with Crippen LogP contribution in [0, 0.1) is 5.92 Å². The Labute approximate surface area is 178 Å². The van der Waals surface area contributed by atoms with Crippen LogP contribution in [0.2, 0.25) is 0 Å². The Balaban J connectivity index is 1.63. The number of hydrogen-bond donors (Lipinski definition) is 0. The molecule has 2 aromatic rings. The van der Waals surface area contributed by atoms with Gasteiger partial charge in [-0.25, -0.2) is 0 Å². The summed E-state index contributed by atoms with van der Waals surface area (Å²) in [5.74, 6) is 0.377. The number of aliphatic imine (C=N–C) groups is 1. The number of piperidine rings is 1. The van der Waals surface area contributed by atoms with Crippen molar-refractivity contribution in [2.75, 3.05) is 13.1 Å². The van der Waals surface area contributed by atoms with Crippen molar-refractivity contribution >= 4 is 36.1 Å². The molecule has 0 aliphatic carbocycles. The van der Waals surface area contributed by atoms with E-state index in [4.69, 9.17) is 0 Å². The fourth-order valence-electron chi connectivity index (χ4n) is 3.66. The summed E-state index contributed by atoms with van der Waals surface area (Å²) in [4.78, 5) is 19.6. The summed E-state index contributed by atoms with van der Waals surface area (Å²) in [5, 5.41) is 0.578. The molecular formula is C25H30N2OS. The highest BCUT2D eigenvalue weighted by Crippen LogP contribution is 2.33. The Morgan fingerprint density at radius 1 is 1.14 bits per heavy atom. The lowest BCUT2D eigenvalue weighted by molar-refractivity contribution is -0.135. The van der Waals surface area contributed by atoms with Gasteiger partial charge in [0.1, 0.15) is 0 Å². The molecule has 0 bridgehead atoms. The van der Waals surface area contributed by atoms with Gasteiger partial charge >= 0.3 is 0 Å². The number of benzene rings is 2. The molecule has 3 rings (SSSR count).